The van der Waals surface area contributed by atoms with E-state index >= 15 is 0 Å². The summed E-state index contributed by atoms with van der Waals surface area (Å²) in [6.07, 6.45) is 9.49. The smallest absolute Gasteiger partial charge is 0.236 e. The standard InChI is InChI=1S/C20H30N4O2/c1-22(15-17-6-4-10-21-14-17)16-20(26)24-12-3-2-7-18(24)9-13-23-11-5-8-19(23)25/h4,6,10,14,18H,2-3,5,7-9,11-13,15-16H2,1H3. The first-order chi connectivity index (χ1) is 12.6. The summed E-state index contributed by atoms with van der Waals surface area (Å²) in [5, 5.41) is 0. The van der Waals surface area contributed by atoms with Gasteiger partial charge in [-0.1, -0.05) is 6.07 Å². The molecule has 1 aromatic heterocycles. The monoisotopic (exact) mass is 358 g/mol. The molecule has 1 atom stereocenters. The highest BCUT2D eigenvalue weighted by Gasteiger charge is 2.29. The van der Waals surface area contributed by atoms with Crippen molar-refractivity contribution in [2.24, 2.45) is 0 Å². The van der Waals surface area contributed by atoms with E-state index in [1.165, 1.54) is 6.42 Å². The maximum atomic E-state index is 12.9. The van der Waals surface area contributed by atoms with E-state index in [2.05, 4.69) is 14.8 Å². The number of likely N-dealkylation sites (N-methyl/N-ethyl adjacent to an activating group) is 1. The van der Waals surface area contributed by atoms with E-state index in [1.807, 2.05) is 30.3 Å². The SMILES string of the molecule is CN(CC(=O)N1CCCCC1CCN1CCCC1=O)Cc1cccnc1. The molecule has 2 aliphatic rings. The molecule has 26 heavy (non-hydrogen) atoms. The van der Waals surface area contributed by atoms with Gasteiger partial charge in [-0.15, -0.1) is 0 Å². The lowest BCUT2D eigenvalue weighted by atomic mass is 9.99. The third-order valence-corrected chi connectivity index (χ3v) is 5.43. The van der Waals surface area contributed by atoms with E-state index in [0.717, 1.165) is 57.4 Å². The molecule has 2 aliphatic heterocycles. The Hall–Kier alpha value is -1.95. The van der Waals surface area contributed by atoms with Crippen molar-refractivity contribution in [1.82, 2.24) is 19.7 Å². The van der Waals surface area contributed by atoms with E-state index in [1.54, 1.807) is 6.20 Å². The van der Waals surface area contributed by atoms with Crippen molar-refractivity contribution >= 4 is 11.8 Å². The number of hydrogen-bond acceptors (Lipinski definition) is 4. The average Bonchev–Trinajstić information content (AvgIpc) is 3.06. The number of rotatable bonds is 7. The van der Waals surface area contributed by atoms with Crippen molar-refractivity contribution < 1.29 is 9.59 Å². The summed E-state index contributed by atoms with van der Waals surface area (Å²) >= 11 is 0. The van der Waals surface area contributed by atoms with Crippen molar-refractivity contribution in [2.45, 2.75) is 51.1 Å². The van der Waals surface area contributed by atoms with Crippen LogP contribution in [0.3, 0.4) is 0 Å². The summed E-state index contributed by atoms with van der Waals surface area (Å²) in [5.74, 6) is 0.476. The van der Waals surface area contributed by atoms with E-state index in [4.69, 9.17) is 0 Å². The molecule has 0 aromatic carbocycles. The number of likely N-dealkylation sites (tertiary alicyclic amines) is 2. The van der Waals surface area contributed by atoms with Gasteiger partial charge in [0.1, 0.15) is 0 Å². The number of pyridine rings is 1. The van der Waals surface area contributed by atoms with Gasteiger partial charge in [-0.05, 0) is 50.8 Å². The fourth-order valence-corrected chi connectivity index (χ4v) is 4.06. The van der Waals surface area contributed by atoms with E-state index < -0.39 is 0 Å². The second-order valence-electron chi connectivity index (χ2n) is 7.54. The Morgan fingerprint density at radius 2 is 2.19 bits per heavy atom. The number of aromatic nitrogens is 1. The first-order valence-electron chi connectivity index (χ1n) is 9.78. The van der Waals surface area contributed by atoms with Crippen molar-refractivity contribution in [3.05, 3.63) is 30.1 Å². The van der Waals surface area contributed by atoms with Crippen LogP contribution in [0.5, 0.6) is 0 Å². The zero-order chi connectivity index (χ0) is 18.4. The first kappa shape index (κ1) is 18.8. The van der Waals surface area contributed by atoms with Gasteiger partial charge in [-0.2, -0.15) is 0 Å². The van der Waals surface area contributed by atoms with Gasteiger partial charge in [0.05, 0.1) is 6.54 Å². The second-order valence-corrected chi connectivity index (χ2v) is 7.54. The second kappa shape index (κ2) is 9.12. The van der Waals surface area contributed by atoms with Crippen molar-refractivity contribution in [3.8, 4) is 0 Å². The third-order valence-electron chi connectivity index (χ3n) is 5.43. The molecular weight excluding hydrogens is 328 g/mol. The Bertz CT molecular complexity index is 607. The van der Waals surface area contributed by atoms with Crippen molar-refractivity contribution in [2.75, 3.05) is 33.2 Å². The summed E-state index contributed by atoms with van der Waals surface area (Å²) < 4.78 is 0. The Morgan fingerprint density at radius 1 is 1.31 bits per heavy atom. The predicted molar refractivity (Wildman–Crippen MR) is 100 cm³/mol. The molecule has 2 fully saturated rings. The van der Waals surface area contributed by atoms with Gasteiger partial charge in [0.15, 0.2) is 0 Å². The lowest BCUT2D eigenvalue weighted by Gasteiger charge is -2.37. The van der Waals surface area contributed by atoms with Crippen LogP contribution in [0.2, 0.25) is 0 Å². The van der Waals surface area contributed by atoms with Crippen LogP contribution in [-0.4, -0.2) is 70.8 Å². The lowest BCUT2D eigenvalue weighted by Crippen LogP contribution is -2.48. The van der Waals surface area contributed by atoms with Gasteiger partial charge in [-0.3, -0.25) is 19.5 Å². The van der Waals surface area contributed by atoms with E-state index in [0.29, 0.717) is 13.0 Å². The normalized spacial score (nSPS) is 20.8. The summed E-state index contributed by atoms with van der Waals surface area (Å²) in [5.41, 5.74) is 1.12. The number of carbonyl (C=O) groups excluding carboxylic acids is 2. The molecule has 2 saturated heterocycles. The highest BCUT2D eigenvalue weighted by atomic mass is 16.2. The lowest BCUT2D eigenvalue weighted by molar-refractivity contribution is -0.136. The van der Waals surface area contributed by atoms with Crippen LogP contribution < -0.4 is 0 Å². The molecule has 0 aliphatic carbocycles. The predicted octanol–water partition coefficient (Wildman–Crippen LogP) is 1.91. The fourth-order valence-electron chi connectivity index (χ4n) is 4.06. The Balaban J connectivity index is 1.51. The molecule has 0 bridgehead atoms. The minimum Gasteiger partial charge on any atom is -0.343 e. The Labute approximate surface area is 156 Å². The number of nitrogens with zero attached hydrogens (tertiary/aromatic N) is 4. The third kappa shape index (κ3) is 5.04. The molecule has 1 unspecified atom stereocenters. The summed E-state index contributed by atoms with van der Waals surface area (Å²) in [6, 6.07) is 4.23. The minimum atomic E-state index is 0.203. The summed E-state index contributed by atoms with van der Waals surface area (Å²) in [6.45, 7) is 3.67. The van der Waals surface area contributed by atoms with E-state index in [9.17, 15) is 9.59 Å². The molecule has 3 heterocycles. The number of hydrogen-bond donors (Lipinski definition) is 0. The molecule has 3 rings (SSSR count). The van der Waals surface area contributed by atoms with Crippen LogP contribution >= 0.6 is 0 Å². The molecule has 0 radical (unpaired) electrons. The van der Waals surface area contributed by atoms with Crippen molar-refractivity contribution in [1.29, 1.82) is 0 Å². The Morgan fingerprint density at radius 3 is 2.92 bits per heavy atom. The van der Waals surface area contributed by atoms with Gasteiger partial charge in [0.2, 0.25) is 11.8 Å². The highest BCUT2D eigenvalue weighted by molar-refractivity contribution is 5.79. The molecule has 0 spiro atoms. The summed E-state index contributed by atoms with van der Waals surface area (Å²) in [7, 11) is 1.98. The minimum absolute atomic E-state index is 0.203. The fraction of sp³-hybridized carbons (Fsp3) is 0.650. The molecule has 0 saturated carbocycles. The molecule has 1 aromatic rings. The van der Waals surface area contributed by atoms with E-state index in [-0.39, 0.29) is 17.9 Å². The molecule has 6 nitrogen and oxygen atoms in total. The van der Waals surface area contributed by atoms with Gasteiger partial charge in [0, 0.05) is 51.0 Å². The molecular formula is C20H30N4O2. The van der Waals surface area contributed by atoms with Crippen LogP contribution in [0.1, 0.15) is 44.1 Å². The van der Waals surface area contributed by atoms with Crippen LogP contribution in [0.4, 0.5) is 0 Å². The van der Waals surface area contributed by atoms with Crippen molar-refractivity contribution in [3.63, 3.8) is 0 Å². The summed E-state index contributed by atoms with van der Waals surface area (Å²) in [4.78, 5) is 34.9. The maximum absolute atomic E-state index is 12.9. The van der Waals surface area contributed by atoms with Crippen LogP contribution in [0.15, 0.2) is 24.5 Å². The Kier molecular flexibility index (Phi) is 6.61. The maximum Gasteiger partial charge on any atom is 0.236 e. The van der Waals surface area contributed by atoms with Gasteiger partial charge < -0.3 is 9.80 Å². The topological polar surface area (TPSA) is 56.8 Å². The molecule has 6 heteroatoms. The quantitative estimate of drug-likeness (QED) is 0.747. The largest absolute Gasteiger partial charge is 0.343 e. The molecule has 2 amide bonds. The molecule has 142 valence electrons. The molecule has 0 N–H and O–H groups in total. The van der Waals surface area contributed by atoms with Crippen LogP contribution in [0, 0.1) is 0 Å². The van der Waals surface area contributed by atoms with Gasteiger partial charge in [-0.25, -0.2) is 0 Å². The van der Waals surface area contributed by atoms with Gasteiger partial charge in [0.25, 0.3) is 0 Å². The first-order valence-corrected chi connectivity index (χ1v) is 9.78. The van der Waals surface area contributed by atoms with Crippen LogP contribution in [-0.2, 0) is 16.1 Å². The highest BCUT2D eigenvalue weighted by Crippen LogP contribution is 2.21. The zero-order valence-electron chi connectivity index (χ0n) is 15.8. The number of amides is 2. The zero-order valence-corrected chi connectivity index (χ0v) is 15.8. The van der Waals surface area contributed by atoms with Crippen LogP contribution in [0.25, 0.3) is 0 Å². The number of carbonyl (C=O) groups is 2. The number of piperidine rings is 1. The van der Waals surface area contributed by atoms with Gasteiger partial charge >= 0.3 is 0 Å². The average molecular weight is 358 g/mol.